The number of carbonyl (C=O) groups excluding carboxylic acids is 1. The van der Waals surface area contributed by atoms with Crippen LogP contribution < -0.4 is 14.5 Å². The molecule has 1 amide bonds. The molecule has 3 fully saturated rings. The van der Waals surface area contributed by atoms with E-state index in [9.17, 15) is 4.79 Å². The number of piperazine rings is 1. The zero-order valence-electron chi connectivity index (χ0n) is 26.9. The molecule has 2 aromatic carbocycles. The third-order valence-electron chi connectivity index (χ3n) is 10.7. The van der Waals surface area contributed by atoms with Gasteiger partial charge in [0.1, 0.15) is 18.5 Å². The van der Waals surface area contributed by atoms with Gasteiger partial charge < -0.3 is 29.0 Å². The van der Waals surface area contributed by atoms with E-state index in [1.165, 1.54) is 60.2 Å². The van der Waals surface area contributed by atoms with Gasteiger partial charge in [0, 0.05) is 49.4 Å². The molecule has 1 saturated heterocycles. The molecule has 2 saturated carbocycles. The Hall–Kier alpha value is -4.16. The lowest BCUT2D eigenvalue weighted by molar-refractivity contribution is -0.128. The molecule has 0 bridgehead atoms. The summed E-state index contributed by atoms with van der Waals surface area (Å²) >= 11 is 0. The lowest BCUT2D eigenvalue weighted by Gasteiger charge is -2.54. The summed E-state index contributed by atoms with van der Waals surface area (Å²) in [5, 5.41) is 2.51. The quantitative estimate of drug-likeness (QED) is 0.166. The first kappa shape index (κ1) is 30.5. The first-order chi connectivity index (χ1) is 22.5. The lowest BCUT2D eigenvalue weighted by atomic mass is 9.52. The van der Waals surface area contributed by atoms with Gasteiger partial charge in [0.2, 0.25) is 12.5 Å². The van der Waals surface area contributed by atoms with E-state index in [1.807, 2.05) is 0 Å². The summed E-state index contributed by atoms with van der Waals surface area (Å²) in [6, 6.07) is 13.1. The first-order valence-corrected chi connectivity index (χ1v) is 16.8. The zero-order chi connectivity index (χ0) is 31.7. The molecular formula is C37H44N6O3. The van der Waals surface area contributed by atoms with E-state index in [0.717, 1.165) is 36.6 Å². The van der Waals surface area contributed by atoms with Crippen molar-refractivity contribution in [2.75, 3.05) is 62.3 Å². The summed E-state index contributed by atoms with van der Waals surface area (Å²) in [6.07, 6.45) is 8.97. The average molecular weight is 621 g/mol. The Kier molecular flexibility index (Phi) is 8.56. The van der Waals surface area contributed by atoms with Crippen LogP contribution in [0.2, 0.25) is 0 Å². The largest absolute Gasteiger partial charge is 0.461 e. The van der Waals surface area contributed by atoms with Crippen molar-refractivity contribution in [3.8, 4) is 6.01 Å². The van der Waals surface area contributed by atoms with Gasteiger partial charge in [0.15, 0.2) is 0 Å². The molecule has 240 valence electrons. The van der Waals surface area contributed by atoms with E-state index in [2.05, 4.69) is 64.5 Å². The van der Waals surface area contributed by atoms with Crippen molar-refractivity contribution in [3.63, 3.8) is 0 Å². The summed E-state index contributed by atoms with van der Waals surface area (Å²) in [5.74, 6) is 1.41. The number of aromatic nitrogens is 2. The van der Waals surface area contributed by atoms with Crippen LogP contribution in [0.1, 0.15) is 48.9 Å². The molecule has 1 spiro atoms. The maximum absolute atomic E-state index is 12.6. The van der Waals surface area contributed by atoms with Crippen molar-refractivity contribution in [2.45, 2.75) is 58.0 Å². The van der Waals surface area contributed by atoms with Crippen LogP contribution in [0.5, 0.6) is 6.01 Å². The molecule has 3 aromatic rings. The van der Waals surface area contributed by atoms with Gasteiger partial charge in [-0.2, -0.15) is 9.97 Å². The molecule has 2 aliphatic carbocycles. The number of rotatable bonds is 10. The minimum absolute atomic E-state index is 0.132. The fourth-order valence-electron chi connectivity index (χ4n) is 8.22. The van der Waals surface area contributed by atoms with Gasteiger partial charge in [-0.25, -0.2) is 6.57 Å². The Bertz CT molecular complexity index is 1650. The van der Waals surface area contributed by atoms with Gasteiger partial charge >= 0.3 is 6.01 Å². The molecule has 0 unspecified atom stereocenters. The van der Waals surface area contributed by atoms with Crippen molar-refractivity contribution >= 4 is 28.2 Å². The Morgan fingerprint density at radius 2 is 1.93 bits per heavy atom. The molecule has 4 aliphatic rings. The van der Waals surface area contributed by atoms with Gasteiger partial charge in [-0.05, 0) is 73.5 Å². The van der Waals surface area contributed by atoms with E-state index in [4.69, 9.17) is 26.0 Å². The number of nitrogens with zero attached hydrogens (tertiary/aromatic N) is 6. The van der Waals surface area contributed by atoms with Crippen LogP contribution in [0.25, 0.3) is 15.6 Å². The highest BCUT2D eigenvalue weighted by Crippen LogP contribution is 2.58. The number of benzene rings is 2. The normalized spacial score (nSPS) is 20.5. The number of aryl methyl sites for hydroxylation is 1. The van der Waals surface area contributed by atoms with E-state index in [0.29, 0.717) is 56.7 Å². The predicted octanol–water partition coefficient (Wildman–Crippen LogP) is 5.60. The molecule has 3 heterocycles. The summed E-state index contributed by atoms with van der Waals surface area (Å²) < 4.78 is 12.2. The molecule has 9 nitrogen and oxygen atoms in total. The number of hydrogen-bond donors (Lipinski definition) is 0. The van der Waals surface area contributed by atoms with Crippen molar-refractivity contribution in [3.05, 3.63) is 77.3 Å². The molecule has 1 aromatic heterocycles. The van der Waals surface area contributed by atoms with E-state index in [1.54, 1.807) is 4.90 Å². The SMILES string of the molecule is [C-]#[N+]C[C@H]1CN(c2nc(OCCOCC3CC4(CCC4)C3)nc3c2CCN(c2cccc4cccc(C)c24)C3)CCN1C(=O)C=C. The molecule has 7 rings (SSSR count). The topological polar surface area (TPSA) is 75.4 Å². The third-order valence-corrected chi connectivity index (χ3v) is 10.7. The highest BCUT2D eigenvalue weighted by atomic mass is 16.5. The minimum atomic E-state index is -0.232. The molecular weight excluding hydrogens is 576 g/mol. The fraction of sp³-hybridized carbons (Fsp3) is 0.514. The Morgan fingerprint density at radius 3 is 2.70 bits per heavy atom. The van der Waals surface area contributed by atoms with Crippen LogP contribution in [0, 0.1) is 24.8 Å². The monoisotopic (exact) mass is 620 g/mol. The van der Waals surface area contributed by atoms with Gasteiger partial charge in [-0.15, -0.1) is 0 Å². The fourth-order valence-corrected chi connectivity index (χ4v) is 8.22. The van der Waals surface area contributed by atoms with Crippen LogP contribution in [-0.2, 0) is 22.5 Å². The van der Waals surface area contributed by atoms with Crippen LogP contribution in [0.15, 0.2) is 49.1 Å². The van der Waals surface area contributed by atoms with Gasteiger partial charge in [-0.3, -0.25) is 4.79 Å². The summed E-state index contributed by atoms with van der Waals surface area (Å²) in [4.78, 5) is 32.6. The second kappa shape index (κ2) is 12.9. The van der Waals surface area contributed by atoms with Crippen LogP contribution in [-0.4, -0.2) is 79.4 Å². The second-order valence-corrected chi connectivity index (χ2v) is 13.6. The first-order valence-electron chi connectivity index (χ1n) is 16.8. The Morgan fingerprint density at radius 1 is 1.11 bits per heavy atom. The van der Waals surface area contributed by atoms with Crippen LogP contribution in [0.3, 0.4) is 0 Å². The van der Waals surface area contributed by atoms with E-state index in [-0.39, 0.29) is 18.5 Å². The van der Waals surface area contributed by atoms with Crippen molar-refractivity contribution in [2.24, 2.45) is 11.3 Å². The third kappa shape index (κ3) is 5.91. The van der Waals surface area contributed by atoms with Gasteiger partial charge in [-0.1, -0.05) is 43.3 Å². The highest BCUT2D eigenvalue weighted by Gasteiger charge is 2.47. The van der Waals surface area contributed by atoms with E-state index >= 15 is 0 Å². The zero-order valence-corrected chi connectivity index (χ0v) is 26.9. The number of carbonyl (C=O) groups is 1. The maximum Gasteiger partial charge on any atom is 0.318 e. The van der Waals surface area contributed by atoms with Crippen LogP contribution >= 0.6 is 0 Å². The van der Waals surface area contributed by atoms with Crippen LogP contribution in [0.4, 0.5) is 11.5 Å². The number of hydrogen-bond acceptors (Lipinski definition) is 7. The van der Waals surface area contributed by atoms with Crippen molar-refractivity contribution in [1.29, 1.82) is 0 Å². The Labute approximate surface area is 272 Å². The Balaban J connectivity index is 1.11. The second-order valence-electron chi connectivity index (χ2n) is 13.6. The number of anilines is 2. The number of fused-ring (bicyclic) bond motifs is 2. The number of ether oxygens (including phenoxy) is 2. The van der Waals surface area contributed by atoms with E-state index < -0.39 is 0 Å². The standard InChI is InChI=1S/C37H44N6O3/c1-4-33(44)43-17-16-42(23-29(43)22-38-3)35-30-12-15-41(32-11-6-10-28-9-5-8-26(2)34(28)32)24-31(30)39-36(40-35)46-19-18-45-25-27-20-37(21-27)13-7-14-37/h4-6,8-11,27,29H,1,7,12-25H2,2H3/t29-/m0/s1. The van der Waals surface area contributed by atoms with Crippen molar-refractivity contribution < 1.29 is 14.3 Å². The molecule has 9 heteroatoms. The predicted molar refractivity (Wildman–Crippen MR) is 180 cm³/mol. The molecule has 0 N–H and O–H groups in total. The highest BCUT2D eigenvalue weighted by molar-refractivity contribution is 5.97. The van der Waals surface area contributed by atoms with Gasteiger partial charge in [0.25, 0.3) is 0 Å². The minimum Gasteiger partial charge on any atom is -0.461 e. The molecule has 0 radical (unpaired) electrons. The lowest BCUT2D eigenvalue weighted by Crippen LogP contribution is -2.56. The van der Waals surface area contributed by atoms with Gasteiger partial charge in [0.05, 0.1) is 18.8 Å². The molecule has 2 aliphatic heterocycles. The average Bonchev–Trinajstić information content (AvgIpc) is 3.03. The number of amides is 1. The summed E-state index contributed by atoms with van der Waals surface area (Å²) in [5.41, 5.74) is 5.22. The summed E-state index contributed by atoms with van der Waals surface area (Å²) in [6.45, 7) is 18.5. The molecule has 46 heavy (non-hydrogen) atoms. The smallest absolute Gasteiger partial charge is 0.318 e. The van der Waals surface area contributed by atoms with Crippen molar-refractivity contribution in [1.82, 2.24) is 14.9 Å². The summed E-state index contributed by atoms with van der Waals surface area (Å²) in [7, 11) is 0. The molecule has 1 atom stereocenters. The maximum atomic E-state index is 12.6.